The minimum atomic E-state index is -0.731. The van der Waals surface area contributed by atoms with Crippen molar-refractivity contribution in [1.82, 2.24) is 0 Å². The van der Waals surface area contributed by atoms with Gasteiger partial charge < -0.3 is 15.1 Å². The van der Waals surface area contributed by atoms with E-state index < -0.39 is 11.0 Å². The summed E-state index contributed by atoms with van der Waals surface area (Å²) in [7, 11) is 1.69. The Labute approximate surface area is 103 Å². The zero-order chi connectivity index (χ0) is 13.2. The van der Waals surface area contributed by atoms with Crippen molar-refractivity contribution >= 4 is 22.0 Å². The Bertz CT molecular complexity index is 405. The van der Waals surface area contributed by atoms with Gasteiger partial charge in [0.25, 0.3) is 0 Å². The zero-order valence-electron chi connectivity index (χ0n) is 9.95. The average Bonchev–Trinajstić information content (AvgIpc) is 2.71. The molecule has 0 aliphatic carbocycles. The highest BCUT2D eigenvalue weighted by atomic mass is 32.1. The number of nitro groups is 1. The van der Waals surface area contributed by atoms with Crippen LogP contribution in [0.2, 0.25) is 0 Å². The van der Waals surface area contributed by atoms with Crippen LogP contribution >= 0.6 is 11.3 Å². The van der Waals surface area contributed by atoms with Crippen LogP contribution in [-0.4, -0.2) is 34.8 Å². The first-order chi connectivity index (χ1) is 7.88. The lowest BCUT2D eigenvalue weighted by Crippen LogP contribution is -2.31. The van der Waals surface area contributed by atoms with Crippen molar-refractivity contribution in [3.8, 4) is 0 Å². The Hall–Kier alpha value is -1.18. The molecule has 1 aromatic heterocycles. The van der Waals surface area contributed by atoms with Crippen molar-refractivity contribution in [3.63, 3.8) is 0 Å². The highest BCUT2D eigenvalue weighted by molar-refractivity contribution is 7.16. The Morgan fingerprint density at radius 2 is 2.18 bits per heavy atom. The summed E-state index contributed by atoms with van der Waals surface area (Å²) in [5.41, 5.74) is -0.0336. The molecule has 0 saturated carbocycles. The number of aliphatic hydroxyl groups is 2. The van der Waals surface area contributed by atoms with E-state index >= 15 is 0 Å². The minimum absolute atomic E-state index is 0.0336. The van der Waals surface area contributed by atoms with Crippen LogP contribution < -0.4 is 4.90 Å². The predicted molar refractivity (Wildman–Crippen MR) is 66.6 cm³/mol. The van der Waals surface area contributed by atoms with Crippen LogP contribution in [0.3, 0.4) is 0 Å². The number of hydrogen-bond acceptors (Lipinski definition) is 6. The van der Waals surface area contributed by atoms with Gasteiger partial charge in [-0.05, 0) is 13.8 Å². The molecule has 0 fully saturated rings. The van der Waals surface area contributed by atoms with Gasteiger partial charge in [0.15, 0.2) is 5.00 Å². The van der Waals surface area contributed by atoms with E-state index in [0.717, 1.165) is 0 Å². The number of anilines is 1. The molecule has 17 heavy (non-hydrogen) atoms. The van der Waals surface area contributed by atoms with Gasteiger partial charge in [-0.2, -0.15) is 0 Å². The summed E-state index contributed by atoms with van der Waals surface area (Å²) in [6.45, 7) is 3.25. The molecule has 0 radical (unpaired) electrons. The molecule has 96 valence electrons. The van der Waals surface area contributed by atoms with Crippen LogP contribution in [0.1, 0.15) is 24.8 Å². The monoisotopic (exact) mass is 260 g/mol. The third kappa shape index (κ3) is 2.93. The lowest BCUT2D eigenvalue weighted by molar-refractivity contribution is -0.383. The Kier molecular flexibility index (Phi) is 4.44. The van der Waals surface area contributed by atoms with E-state index in [9.17, 15) is 15.2 Å². The Morgan fingerprint density at radius 1 is 1.59 bits per heavy atom. The fourth-order valence-corrected chi connectivity index (χ4v) is 2.43. The van der Waals surface area contributed by atoms with Gasteiger partial charge in [0.2, 0.25) is 0 Å². The molecule has 2 atom stereocenters. The smallest absolute Gasteiger partial charge is 0.304 e. The Balaban J connectivity index is 3.16. The first kappa shape index (κ1) is 13.9. The van der Waals surface area contributed by atoms with Gasteiger partial charge in [-0.15, -0.1) is 11.3 Å². The van der Waals surface area contributed by atoms with E-state index in [2.05, 4.69) is 0 Å². The molecule has 1 unspecified atom stereocenters. The lowest BCUT2D eigenvalue weighted by atomic mass is 10.3. The van der Waals surface area contributed by atoms with Crippen molar-refractivity contribution in [2.75, 3.05) is 18.6 Å². The van der Waals surface area contributed by atoms with Crippen molar-refractivity contribution in [3.05, 3.63) is 21.1 Å². The third-order valence-corrected chi connectivity index (χ3v) is 3.95. The highest BCUT2D eigenvalue weighted by Crippen LogP contribution is 2.40. The molecule has 0 aliphatic rings. The normalized spacial score (nSPS) is 14.4. The number of rotatable bonds is 5. The number of thiophene rings is 1. The van der Waals surface area contributed by atoms with Crippen molar-refractivity contribution in [2.24, 2.45) is 0 Å². The van der Waals surface area contributed by atoms with Crippen molar-refractivity contribution in [2.45, 2.75) is 26.0 Å². The summed E-state index contributed by atoms with van der Waals surface area (Å²) in [5.74, 6) is 0. The lowest BCUT2D eigenvalue weighted by Gasteiger charge is -2.22. The molecule has 7 heteroatoms. The predicted octanol–water partition coefficient (Wildman–Crippen LogP) is 1.53. The standard InChI is InChI=1S/C10H16N2O4S/c1-6(5-13)11(3)10-8(12(15)16)4-9(17-10)7(2)14/h4,6-7,13-14H,5H2,1-3H3/t6?,7-/m1/s1. The summed E-state index contributed by atoms with van der Waals surface area (Å²) < 4.78 is 0. The summed E-state index contributed by atoms with van der Waals surface area (Å²) in [6, 6.07) is 1.17. The molecule has 0 saturated heterocycles. The van der Waals surface area contributed by atoms with Crippen LogP contribution in [0.15, 0.2) is 6.07 Å². The molecule has 0 bridgehead atoms. The largest absolute Gasteiger partial charge is 0.394 e. The first-order valence-corrected chi connectivity index (χ1v) is 6.00. The van der Waals surface area contributed by atoms with Gasteiger partial charge in [0.05, 0.1) is 17.6 Å². The summed E-state index contributed by atoms with van der Waals surface area (Å²) >= 11 is 1.17. The highest BCUT2D eigenvalue weighted by Gasteiger charge is 2.25. The molecule has 1 rings (SSSR count). The SMILES string of the molecule is CC(CO)N(C)c1sc([C@@H](C)O)cc1[N+](=O)[O-]. The number of hydrogen-bond donors (Lipinski definition) is 2. The van der Waals surface area contributed by atoms with Crippen LogP contribution in [0.4, 0.5) is 10.7 Å². The maximum absolute atomic E-state index is 10.9. The number of nitrogens with zero attached hydrogens (tertiary/aromatic N) is 2. The second kappa shape index (κ2) is 5.44. The molecular formula is C10H16N2O4S. The van der Waals surface area contributed by atoms with E-state index in [1.54, 1.807) is 25.8 Å². The fourth-order valence-electron chi connectivity index (χ4n) is 1.30. The fraction of sp³-hybridized carbons (Fsp3) is 0.600. The zero-order valence-corrected chi connectivity index (χ0v) is 10.8. The Morgan fingerprint density at radius 3 is 2.59 bits per heavy atom. The van der Waals surface area contributed by atoms with Crippen LogP contribution in [0.25, 0.3) is 0 Å². The number of aliphatic hydroxyl groups excluding tert-OH is 2. The van der Waals surface area contributed by atoms with Crippen LogP contribution in [0.5, 0.6) is 0 Å². The average molecular weight is 260 g/mol. The molecule has 0 amide bonds. The van der Waals surface area contributed by atoms with Gasteiger partial charge in [0.1, 0.15) is 0 Å². The van der Waals surface area contributed by atoms with E-state index in [0.29, 0.717) is 9.88 Å². The van der Waals surface area contributed by atoms with Crippen LogP contribution in [0, 0.1) is 10.1 Å². The second-order valence-corrected chi connectivity index (χ2v) is 4.98. The maximum Gasteiger partial charge on any atom is 0.304 e. The second-order valence-electron chi connectivity index (χ2n) is 3.91. The summed E-state index contributed by atoms with van der Waals surface area (Å²) in [4.78, 5) is 12.6. The molecule has 0 aliphatic heterocycles. The molecule has 2 N–H and O–H groups in total. The topological polar surface area (TPSA) is 86.8 Å². The van der Waals surface area contributed by atoms with Gasteiger partial charge in [-0.3, -0.25) is 10.1 Å². The third-order valence-electron chi connectivity index (χ3n) is 2.57. The molecule has 0 spiro atoms. The van der Waals surface area contributed by atoms with Gasteiger partial charge in [-0.1, -0.05) is 0 Å². The maximum atomic E-state index is 10.9. The minimum Gasteiger partial charge on any atom is -0.394 e. The quantitative estimate of drug-likeness (QED) is 0.619. The molecule has 6 nitrogen and oxygen atoms in total. The molecule has 0 aromatic carbocycles. The van der Waals surface area contributed by atoms with Crippen LogP contribution in [-0.2, 0) is 0 Å². The van der Waals surface area contributed by atoms with E-state index in [4.69, 9.17) is 5.11 Å². The number of likely N-dealkylation sites (N-methyl/N-ethyl adjacent to an activating group) is 1. The summed E-state index contributed by atoms with van der Waals surface area (Å²) in [6.07, 6.45) is -0.731. The van der Waals surface area contributed by atoms with Gasteiger partial charge >= 0.3 is 5.69 Å². The molecule has 1 heterocycles. The van der Waals surface area contributed by atoms with Gasteiger partial charge in [-0.25, -0.2) is 0 Å². The summed E-state index contributed by atoms with van der Waals surface area (Å²) in [5, 5.41) is 29.9. The van der Waals surface area contributed by atoms with E-state index in [1.165, 1.54) is 17.4 Å². The van der Waals surface area contributed by atoms with E-state index in [1.807, 2.05) is 0 Å². The van der Waals surface area contributed by atoms with Crippen molar-refractivity contribution in [1.29, 1.82) is 0 Å². The molecule has 1 aromatic rings. The molecular weight excluding hydrogens is 244 g/mol. The first-order valence-electron chi connectivity index (χ1n) is 5.18. The van der Waals surface area contributed by atoms with Crippen molar-refractivity contribution < 1.29 is 15.1 Å². The van der Waals surface area contributed by atoms with Gasteiger partial charge in [0, 0.05) is 24.0 Å². The van der Waals surface area contributed by atoms with E-state index in [-0.39, 0.29) is 18.3 Å².